The number of hydrogen-bond donors (Lipinski definition) is 1. The number of thioether (sulfide) groups is 1. The SMILES string of the molecule is OCCCCc1nc(CSc2ccc(Cl)cc2)no1. The maximum atomic E-state index is 8.70. The lowest BCUT2D eigenvalue weighted by molar-refractivity contribution is 0.280. The minimum atomic E-state index is 0.202. The van der Waals surface area contributed by atoms with Gasteiger partial charge in [0.2, 0.25) is 5.89 Å². The van der Waals surface area contributed by atoms with E-state index in [2.05, 4.69) is 10.1 Å². The van der Waals surface area contributed by atoms with Gasteiger partial charge in [0.25, 0.3) is 0 Å². The van der Waals surface area contributed by atoms with Gasteiger partial charge < -0.3 is 9.63 Å². The van der Waals surface area contributed by atoms with Gasteiger partial charge in [0, 0.05) is 22.9 Å². The number of halogens is 1. The van der Waals surface area contributed by atoms with E-state index in [0.717, 1.165) is 29.2 Å². The lowest BCUT2D eigenvalue weighted by atomic mass is 10.2. The van der Waals surface area contributed by atoms with E-state index in [0.29, 0.717) is 17.5 Å². The van der Waals surface area contributed by atoms with Crippen molar-refractivity contribution in [2.24, 2.45) is 0 Å². The fourth-order valence-electron chi connectivity index (χ4n) is 1.52. The Morgan fingerprint density at radius 3 is 2.74 bits per heavy atom. The smallest absolute Gasteiger partial charge is 0.226 e. The summed E-state index contributed by atoms with van der Waals surface area (Å²) in [4.78, 5) is 5.43. The molecule has 19 heavy (non-hydrogen) atoms. The van der Waals surface area contributed by atoms with Crippen molar-refractivity contribution in [2.75, 3.05) is 6.61 Å². The molecular formula is C13H15ClN2O2S. The molecule has 0 aliphatic rings. The summed E-state index contributed by atoms with van der Waals surface area (Å²) in [5.41, 5.74) is 0. The van der Waals surface area contributed by atoms with E-state index in [1.165, 1.54) is 0 Å². The van der Waals surface area contributed by atoms with Gasteiger partial charge in [0.15, 0.2) is 5.82 Å². The van der Waals surface area contributed by atoms with Crippen molar-refractivity contribution in [3.05, 3.63) is 41.0 Å². The van der Waals surface area contributed by atoms with Crippen LogP contribution in [0.4, 0.5) is 0 Å². The van der Waals surface area contributed by atoms with Crippen molar-refractivity contribution in [2.45, 2.75) is 29.9 Å². The largest absolute Gasteiger partial charge is 0.396 e. The molecule has 2 rings (SSSR count). The number of unbranched alkanes of at least 4 members (excludes halogenated alkanes) is 1. The van der Waals surface area contributed by atoms with Crippen LogP contribution in [0, 0.1) is 0 Å². The van der Waals surface area contributed by atoms with Crippen molar-refractivity contribution >= 4 is 23.4 Å². The highest BCUT2D eigenvalue weighted by atomic mass is 35.5. The zero-order valence-corrected chi connectivity index (χ0v) is 12.0. The number of aliphatic hydroxyl groups is 1. The summed E-state index contributed by atoms with van der Waals surface area (Å²) in [5, 5.41) is 13.4. The van der Waals surface area contributed by atoms with Crippen molar-refractivity contribution in [3.8, 4) is 0 Å². The number of hydrogen-bond acceptors (Lipinski definition) is 5. The highest BCUT2D eigenvalue weighted by Gasteiger charge is 2.06. The first-order valence-corrected chi connectivity index (χ1v) is 7.45. The van der Waals surface area contributed by atoms with E-state index >= 15 is 0 Å². The van der Waals surface area contributed by atoms with Gasteiger partial charge in [-0.1, -0.05) is 16.8 Å². The van der Waals surface area contributed by atoms with Crippen LogP contribution in [0.2, 0.25) is 5.02 Å². The van der Waals surface area contributed by atoms with Gasteiger partial charge in [-0.25, -0.2) is 0 Å². The summed E-state index contributed by atoms with van der Waals surface area (Å²) in [6.07, 6.45) is 2.35. The lowest BCUT2D eigenvalue weighted by Gasteiger charge is -1.97. The van der Waals surface area contributed by atoms with Gasteiger partial charge in [-0.2, -0.15) is 4.98 Å². The minimum absolute atomic E-state index is 0.202. The fourth-order valence-corrected chi connectivity index (χ4v) is 2.38. The highest BCUT2D eigenvalue weighted by Crippen LogP contribution is 2.23. The van der Waals surface area contributed by atoms with E-state index < -0.39 is 0 Å². The maximum Gasteiger partial charge on any atom is 0.226 e. The normalized spacial score (nSPS) is 10.8. The molecule has 0 atom stereocenters. The first-order valence-electron chi connectivity index (χ1n) is 6.08. The summed E-state index contributed by atoms with van der Waals surface area (Å²) < 4.78 is 5.14. The number of benzene rings is 1. The average molecular weight is 299 g/mol. The number of aliphatic hydroxyl groups excluding tert-OH is 1. The second-order valence-electron chi connectivity index (χ2n) is 4.03. The molecule has 0 fully saturated rings. The summed E-state index contributed by atoms with van der Waals surface area (Å²) >= 11 is 7.47. The second-order valence-corrected chi connectivity index (χ2v) is 5.51. The van der Waals surface area contributed by atoms with Crippen molar-refractivity contribution in [3.63, 3.8) is 0 Å². The standard InChI is InChI=1S/C13H15ClN2O2S/c14-10-4-6-11(7-5-10)19-9-12-15-13(18-16-12)3-1-2-8-17/h4-7,17H,1-3,8-9H2. The van der Waals surface area contributed by atoms with Crippen molar-refractivity contribution in [1.29, 1.82) is 0 Å². The third-order valence-corrected chi connectivity index (χ3v) is 3.75. The van der Waals surface area contributed by atoms with E-state index in [4.69, 9.17) is 21.2 Å². The Morgan fingerprint density at radius 1 is 1.21 bits per heavy atom. The van der Waals surface area contributed by atoms with Crippen LogP contribution in [0.25, 0.3) is 0 Å². The second kappa shape index (κ2) is 7.53. The third-order valence-electron chi connectivity index (χ3n) is 2.49. The van der Waals surface area contributed by atoms with Crippen LogP contribution in [-0.2, 0) is 12.2 Å². The molecule has 1 aromatic heterocycles. The first kappa shape index (κ1) is 14.4. The summed E-state index contributed by atoms with van der Waals surface area (Å²) in [6, 6.07) is 7.66. The van der Waals surface area contributed by atoms with Gasteiger partial charge in [0.1, 0.15) is 0 Å². The van der Waals surface area contributed by atoms with Gasteiger partial charge in [-0.3, -0.25) is 0 Å². The Hall–Kier alpha value is -1.04. The van der Waals surface area contributed by atoms with Gasteiger partial charge in [-0.05, 0) is 37.1 Å². The quantitative estimate of drug-likeness (QED) is 0.627. The number of nitrogens with zero attached hydrogens (tertiary/aromatic N) is 2. The van der Waals surface area contributed by atoms with Gasteiger partial charge in [-0.15, -0.1) is 11.8 Å². The Morgan fingerprint density at radius 2 is 2.00 bits per heavy atom. The summed E-state index contributed by atoms with van der Waals surface area (Å²) in [5.74, 6) is 2.00. The van der Waals surface area contributed by atoms with Crippen LogP contribution in [0.1, 0.15) is 24.6 Å². The number of aromatic nitrogens is 2. The van der Waals surface area contributed by atoms with E-state index in [-0.39, 0.29) is 6.61 Å². The number of aryl methyl sites for hydroxylation is 1. The Balaban J connectivity index is 1.81. The molecule has 0 radical (unpaired) electrons. The average Bonchev–Trinajstić information content (AvgIpc) is 2.86. The molecule has 0 amide bonds. The summed E-state index contributed by atoms with van der Waals surface area (Å²) in [7, 11) is 0. The molecule has 6 heteroatoms. The molecule has 102 valence electrons. The molecule has 0 saturated carbocycles. The van der Waals surface area contributed by atoms with Gasteiger partial charge >= 0.3 is 0 Å². The molecule has 4 nitrogen and oxygen atoms in total. The fraction of sp³-hybridized carbons (Fsp3) is 0.385. The predicted molar refractivity (Wildman–Crippen MR) is 75.3 cm³/mol. The molecule has 0 aliphatic heterocycles. The predicted octanol–water partition coefficient (Wildman–Crippen LogP) is 3.33. The molecule has 0 unspecified atom stereocenters. The highest BCUT2D eigenvalue weighted by molar-refractivity contribution is 7.98. The molecule has 0 aliphatic carbocycles. The Labute approximate surface area is 121 Å². The Bertz CT molecular complexity index is 502. The lowest BCUT2D eigenvalue weighted by Crippen LogP contribution is -1.89. The van der Waals surface area contributed by atoms with E-state index in [9.17, 15) is 0 Å². The molecule has 0 spiro atoms. The van der Waals surface area contributed by atoms with Crippen LogP contribution >= 0.6 is 23.4 Å². The number of rotatable bonds is 7. The molecule has 0 saturated heterocycles. The topological polar surface area (TPSA) is 59.2 Å². The molecular weight excluding hydrogens is 284 g/mol. The maximum absolute atomic E-state index is 8.70. The van der Waals surface area contributed by atoms with Crippen LogP contribution < -0.4 is 0 Å². The zero-order valence-electron chi connectivity index (χ0n) is 10.4. The summed E-state index contributed by atoms with van der Waals surface area (Å²) in [6.45, 7) is 0.202. The van der Waals surface area contributed by atoms with Crippen LogP contribution in [-0.4, -0.2) is 21.9 Å². The first-order chi connectivity index (χ1) is 9.28. The van der Waals surface area contributed by atoms with E-state index in [1.807, 2.05) is 24.3 Å². The molecule has 1 aromatic carbocycles. The van der Waals surface area contributed by atoms with Crippen LogP contribution in [0.3, 0.4) is 0 Å². The van der Waals surface area contributed by atoms with Crippen LogP contribution in [0.15, 0.2) is 33.7 Å². The van der Waals surface area contributed by atoms with Crippen molar-refractivity contribution in [1.82, 2.24) is 10.1 Å². The molecule has 1 N–H and O–H groups in total. The molecule has 1 heterocycles. The van der Waals surface area contributed by atoms with E-state index in [1.54, 1.807) is 11.8 Å². The minimum Gasteiger partial charge on any atom is -0.396 e. The Kier molecular flexibility index (Phi) is 5.69. The monoisotopic (exact) mass is 298 g/mol. The molecule has 0 bridgehead atoms. The van der Waals surface area contributed by atoms with Crippen molar-refractivity contribution < 1.29 is 9.63 Å². The van der Waals surface area contributed by atoms with Crippen LogP contribution in [0.5, 0.6) is 0 Å². The van der Waals surface area contributed by atoms with Gasteiger partial charge in [0.05, 0.1) is 5.75 Å². The zero-order chi connectivity index (χ0) is 13.5. The third kappa shape index (κ3) is 4.86. The molecule has 2 aromatic rings.